The maximum Gasteiger partial charge on any atom is 0.235 e. The first-order valence-corrected chi connectivity index (χ1v) is 9.13. The number of carbonyl (C=O) groups is 2. The van der Waals surface area contributed by atoms with Gasteiger partial charge in [0.25, 0.3) is 0 Å². The van der Waals surface area contributed by atoms with Crippen molar-refractivity contribution in [2.45, 2.75) is 31.6 Å². The van der Waals surface area contributed by atoms with Crippen LogP contribution in [-0.4, -0.2) is 29.8 Å². The van der Waals surface area contributed by atoms with E-state index in [-0.39, 0.29) is 11.8 Å². The highest BCUT2D eigenvalue weighted by Crippen LogP contribution is 2.37. The summed E-state index contributed by atoms with van der Waals surface area (Å²) in [7, 11) is 0. The van der Waals surface area contributed by atoms with Crippen LogP contribution in [0.4, 0.5) is 5.69 Å². The number of piperidine rings is 1. The average molecular weight is 361 g/mol. The molecule has 2 aromatic carbocycles. The Labute approximate surface area is 159 Å². The maximum absolute atomic E-state index is 13.3. The number of amides is 2. The van der Waals surface area contributed by atoms with Gasteiger partial charge in [0.15, 0.2) is 0 Å². The van der Waals surface area contributed by atoms with Crippen molar-refractivity contribution in [3.8, 4) is 6.07 Å². The molecule has 5 heteroatoms. The molecule has 0 aromatic heterocycles. The number of anilines is 1. The highest BCUT2D eigenvalue weighted by molar-refractivity contribution is 5.99. The van der Waals surface area contributed by atoms with Gasteiger partial charge in [0.1, 0.15) is 0 Å². The predicted molar refractivity (Wildman–Crippen MR) is 104 cm³/mol. The molecule has 27 heavy (non-hydrogen) atoms. The second-order valence-corrected chi connectivity index (χ2v) is 6.94. The quantitative estimate of drug-likeness (QED) is 0.908. The Kier molecular flexibility index (Phi) is 5.56. The van der Waals surface area contributed by atoms with Crippen molar-refractivity contribution in [2.75, 3.05) is 18.4 Å². The van der Waals surface area contributed by atoms with E-state index in [4.69, 9.17) is 5.26 Å². The molecule has 1 heterocycles. The van der Waals surface area contributed by atoms with E-state index in [0.717, 1.165) is 11.1 Å². The fraction of sp³-hybridized carbons (Fsp3) is 0.318. The van der Waals surface area contributed by atoms with Gasteiger partial charge in [-0.05, 0) is 36.1 Å². The number of rotatable bonds is 4. The first-order valence-electron chi connectivity index (χ1n) is 9.13. The molecule has 0 radical (unpaired) electrons. The zero-order valence-corrected chi connectivity index (χ0v) is 15.4. The molecule has 5 nitrogen and oxygen atoms in total. The Balaban J connectivity index is 1.84. The fourth-order valence-corrected chi connectivity index (χ4v) is 3.66. The lowest BCUT2D eigenvalue weighted by atomic mass is 9.72. The van der Waals surface area contributed by atoms with E-state index >= 15 is 0 Å². The molecule has 0 saturated carbocycles. The first kappa shape index (κ1) is 18.7. The van der Waals surface area contributed by atoms with Crippen molar-refractivity contribution in [3.05, 3.63) is 65.7 Å². The van der Waals surface area contributed by atoms with Crippen LogP contribution in [0.5, 0.6) is 0 Å². The van der Waals surface area contributed by atoms with Crippen molar-refractivity contribution in [1.29, 1.82) is 5.26 Å². The lowest BCUT2D eigenvalue weighted by molar-refractivity contribution is -0.133. The molecule has 1 N–H and O–H groups in total. The normalized spacial score (nSPS) is 15.6. The van der Waals surface area contributed by atoms with Gasteiger partial charge in [-0.2, -0.15) is 5.26 Å². The van der Waals surface area contributed by atoms with Gasteiger partial charge in [-0.25, -0.2) is 0 Å². The fourth-order valence-electron chi connectivity index (χ4n) is 3.66. The molecule has 2 amide bonds. The molecule has 0 spiro atoms. The van der Waals surface area contributed by atoms with E-state index in [1.165, 1.54) is 0 Å². The number of hydrogen-bond donors (Lipinski definition) is 1. The van der Waals surface area contributed by atoms with Gasteiger partial charge in [-0.1, -0.05) is 42.5 Å². The number of carbonyl (C=O) groups excluding carboxylic acids is 2. The standard InChI is InChI=1S/C22H23N3O2/c1-17(26)25-15-12-22(13-16-25,19-5-3-2-4-6-19)21(27)24-20-9-7-18(8-10-20)11-14-23/h2-10H,11-13,15-16H2,1H3,(H,24,27). The summed E-state index contributed by atoms with van der Waals surface area (Å²) >= 11 is 0. The summed E-state index contributed by atoms with van der Waals surface area (Å²) in [5, 5.41) is 11.8. The second-order valence-electron chi connectivity index (χ2n) is 6.94. The third-order valence-electron chi connectivity index (χ3n) is 5.32. The molecule has 138 valence electrons. The van der Waals surface area contributed by atoms with E-state index in [9.17, 15) is 9.59 Å². The minimum atomic E-state index is -0.654. The summed E-state index contributed by atoms with van der Waals surface area (Å²) in [5.74, 6) is -0.00455. The SMILES string of the molecule is CC(=O)N1CCC(C(=O)Nc2ccc(CC#N)cc2)(c2ccccc2)CC1. The Morgan fingerprint density at radius 2 is 1.70 bits per heavy atom. The van der Waals surface area contributed by atoms with Crippen LogP contribution in [0, 0.1) is 11.3 Å². The van der Waals surface area contributed by atoms with Gasteiger partial charge in [-0.3, -0.25) is 9.59 Å². The Bertz CT molecular complexity index is 845. The average Bonchev–Trinajstić information content (AvgIpc) is 2.70. The summed E-state index contributed by atoms with van der Waals surface area (Å²) in [6.07, 6.45) is 1.53. The Hall–Kier alpha value is -3.13. The summed E-state index contributed by atoms with van der Waals surface area (Å²) in [6.45, 7) is 2.70. The zero-order valence-electron chi connectivity index (χ0n) is 15.4. The molecule has 0 bridgehead atoms. The van der Waals surface area contributed by atoms with Crippen LogP contribution in [0.3, 0.4) is 0 Å². The molecule has 1 aliphatic rings. The molecular weight excluding hydrogens is 338 g/mol. The van der Waals surface area contributed by atoms with Crippen molar-refractivity contribution in [1.82, 2.24) is 4.90 Å². The first-order chi connectivity index (χ1) is 13.0. The molecule has 0 atom stereocenters. The van der Waals surface area contributed by atoms with E-state index in [1.54, 1.807) is 11.8 Å². The Morgan fingerprint density at radius 1 is 1.07 bits per heavy atom. The van der Waals surface area contributed by atoms with Crippen molar-refractivity contribution in [2.24, 2.45) is 0 Å². The topological polar surface area (TPSA) is 73.2 Å². The molecule has 0 aliphatic carbocycles. The number of nitriles is 1. The van der Waals surface area contributed by atoms with Gasteiger partial charge in [0, 0.05) is 25.7 Å². The van der Waals surface area contributed by atoms with Crippen LogP contribution >= 0.6 is 0 Å². The summed E-state index contributed by atoms with van der Waals surface area (Å²) < 4.78 is 0. The summed E-state index contributed by atoms with van der Waals surface area (Å²) in [4.78, 5) is 26.8. The van der Waals surface area contributed by atoms with Crippen LogP contribution < -0.4 is 5.32 Å². The highest BCUT2D eigenvalue weighted by atomic mass is 16.2. The maximum atomic E-state index is 13.3. The largest absolute Gasteiger partial charge is 0.343 e. The van der Waals surface area contributed by atoms with E-state index < -0.39 is 5.41 Å². The lowest BCUT2D eigenvalue weighted by Gasteiger charge is -2.40. The van der Waals surface area contributed by atoms with Crippen LogP contribution in [0.15, 0.2) is 54.6 Å². The monoisotopic (exact) mass is 361 g/mol. The molecule has 0 unspecified atom stereocenters. The third-order valence-corrected chi connectivity index (χ3v) is 5.32. The molecule has 3 rings (SSSR count). The van der Waals surface area contributed by atoms with Crippen LogP contribution in [0.25, 0.3) is 0 Å². The number of nitrogens with one attached hydrogen (secondary N) is 1. The molecule has 1 saturated heterocycles. The molecule has 1 fully saturated rings. The van der Waals surface area contributed by atoms with E-state index in [2.05, 4.69) is 11.4 Å². The van der Waals surface area contributed by atoms with Crippen LogP contribution in [0.1, 0.15) is 30.9 Å². The van der Waals surface area contributed by atoms with E-state index in [1.807, 2.05) is 54.6 Å². The number of benzene rings is 2. The Morgan fingerprint density at radius 3 is 2.26 bits per heavy atom. The van der Waals surface area contributed by atoms with Gasteiger partial charge in [0.2, 0.25) is 11.8 Å². The van der Waals surface area contributed by atoms with Gasteiger partial charge in [-0.15, -0.1) is 0 Å². The van der Waals surface area contributed by atoms with Crippen LogP contribution in [-0.2, 0) is 21.4 Å². The minimum absolute atomic E-state index is 0.0464. The van der Waals surface area contributed by atoms with E-state index in [0.29, 0.717) is 38.0 Å². The summed E-state index contributed by atoms with van der Waals surface area (Å²) in [6, 6.07) is 19.3. The van der Waals surface area contributed by atoms with Gasteiger partial charge < -0.3 is 10.2 Å². The number of nitrogens with zero attached hydrogens (tertiary/aromatic N) is 2. The third kappa shape index (κ3) is 4.01. The number of likely N-dealkylation sites (tertiary alicyclic amines) is 1. The van der Waals surface area contributed by atoms with Crippen molar-refractivity contribution < 1.29 is 9.59 Å². The molecule has 2 aromatic rings. The van der Waals surface area contributed by atoms with Gasteiger partial charge in [0.05, 0.1) is 17.9 Å². The van der Waals surface area contributed by atoms with Gasteiger partial charge >= 0.3 is 0 Å². The van der Waals surface area contributed by atoms with Crippen LogP contribution in [0.2, 0.25) is 0 Å². The highest BCUT2D eigenvalue weighted by Gasteiger charge is 2.43. The predicted octanol–water partition coefficient (Wildman–Crippen LogP) is 3.27. The minimum Gasteiger partial charge on any atom is -0.343 e. The summed E-state index contributed by atoms with van der Waals surface area (Å²) in [5.41, 5.74) is 1.96. The van der Waals surface area contributed by atoms with Crippen molar-refractivity contribution in [3.63, 3.8) is 0 Å². The van der Waals surface area contributed by atoms with Crippen molar-refractivity contribution >= 4 is 17.5 Å². The molecular formula is C22H23N3O2. The zero-order chi connectivity index (χ0) is 19.3. The lowest BCUT2D eigenvalue weighted by Crippen LogP contribution is -2.50. The molecule has 1 aliphatic heterocycles. The number of hydrogen-bond acceptors (Lipinski definition) is 3. The second kappa shape index (κ2) is 8.05. The smallest absolute Gasteiger partial charge is 0.235 e.